The van der Waals surface area contributed by atoms with E-state index in [1.807, 2.05) is 18.2 Å². The molecule has 1 N–H and O–H groups in total. The molecule has 12 heavy (non-hydrogen) atoms. The van der Waals surface area contributed by atoms with Crippen LogP contribution in [0.3, 0.4) is 0 Å². The van der Waals surface area contributed by atoms with Crippen molar-refractivity contribution in [1.82, 2.24) is 0 Å². The van der Waals surface area contributed by atoms with Gasteiger partial charge >= 0.3 is 0 Å². The number of aromatic hydroxyl groups is 1. The van der Waals surface area contributed by atoms with E-state index < -0.39 is 0 Å². The van der Waals surface area contributed by atoms with Crippen molar-refractivity contribution in [1.29, 1.82) is 0 Å². The molecule has 1 fully saturated rings. The Morgan fingerprint density at radius 2 is 2.08 bits per heavy atom. The lowest BCUT2D eigenvalue weighted by Crippen LogP contribution is -2.29. The molecule has 1 saturated heterocycles. The van der Waals surface area contributed by atoms with E-state index in [1.165, 1.54) is 0 Å². The first-order valence-corrected chi connectivity index (χ1v) is 4.76. The van der Waals surface area contributed by atoms with Gasteiger partial charge in [-0.3, -0.25) is 0 Å². The van der Waals surface area contributed by atoms with E-state index in [-0.39, 0.29) is 0 Å². The number of hydrogen-bond donors (Lipinski definition) is 1. The second-order valence-electron chi connectivity index (χ2n) is 2.75. The lowest BCUT2D eigenvalue weighted by atomic mass is 10.3. The second-order valence-corrected chi connectivity index (χ2v) is 4.09. The Morgan fingerprint density at radius 1 is 1.33 bits per heavy atom. The maximum absolute atomic E-state index is 9.42. The largest absolute Gasteiger partial charge is 0.507 e. The molecular formula is C9H10O2S. The highest BCUT2D eigenvalue weighted by atomic mass is 32.2. The van der Waals surface area contributed by atoms with Crippen molar-refractivity contribution >= 4 is 11.8 Å². The molecule has 1 aromatic carbocycles. The third-order valence-corrected chi connectivity index (χ3v) is 2.97. The Labute approximate surface area is 75.6 Å². The maximum atomic E-state index is 9.42. The zero-order valence-corrected chi connectivity index (χ0v) is 7.38. The smallest absolute Gasteiger partial charge is 0.129 e. The Balaban J connectivity index is 2.06. The van der Waals surface area contributed by atoms with Crippen LogP contribution < -0.4 is 0 Å². The molecule has 2 rings (SSSR count). The fourth-order valence-corrected chi connectivity index (χ4v) is 2.05. The molecule has 0 aromatic heterocycles. The average Bonchev–Trinajstić information content (AvgIpc) is 2.00. The SMILES string of the molecule is Oc1ccccc1SC1COC1. The summed E-state index contributed by atoms with van der Waals surface area (Å²) in [7, 11) is 0. The molecule has 1 heterocycles. The van der Waals surface area contributed by atoms with Crippen LogP contribution in [0.2, 0.25) is 0 Å². The molecular weight excluding hydrogens is 172 g/mol. The zero-order chi connectivity index (χ0) is 8.39. The highest BCUT2D eigenvalue weighted by molar-refractivity contribution is 8.00. The fraction of sp³-hybridized carbons (Fsp3) is 0.333. The van der Waals surface area contributed by atoms with Gasteiger partial charge in [-0.1, -0.05) is 12.1 Å². The van der Waals surface area contributed by atoms with E-state index in [4.69, 9.17) is 4.74 Å². The molecule has 0 bridgehead atoms. The van der Waals surface area contributed by atoms with Gasteiger partial charge in [-0.2, -0.15) is 0 Å². The Bertz CT molecular complexity index is 271. The molecule has 0 radical (unpaired) electrons. The van der Waals surface area contributed by atoms with Gasteiger partial charge in [0.15, 0.2) is 0 Å². The number of phenolic OH excluding ortho intramolecular Hbond substituents is 1. The molecule has 0 aliphatic carbocycles. The van der Waals surface area contributed by atoms with Crippen LogP contribution in [0.15, 0.2) is 29.2 Å². The average molecular weight is 182 g/mol. The topological polar surface area (TPSA) is 29.5 Å². The highest BCUT2D eigenvalue weighted by Gasteiger charge is 2.20. The third kappa shape index (κ3) is 1.57. The predicted octanol–water partition coefficient (Wildman–Crippen LogP) is 1.88. The van der Waals surface area contributed by atoms with Crippen molar-refractivity contribution < 1.29 is 9.84 Å². The third-order valence-electron chi connectivity index (χ3n) is 1.77. The Kier molecular flexibility index (Phi) is 2.23. The van der Waals surface area contributed by atoms with Crippen LogP contribution in [0.25, 0.3) is 0 Å². The number of ether oxygens (including phenoxy) is 1. The zero-order valence-electron chi connectivity index (χ0n) is 6.56. The summed E-state index contributed by atoms with van der Waals surface area (Å²) in [6.07, 6.45) is 0. The maximum Gasteiger partial charge on any atom is 0.129 e. The molecule has 1 aliphatic heterocycles. The monoisotopic (exact) mass is 182 g/mol. The quantitative estimate of drug-likeness (QED) is 0.757. The van der Waals surface area contributed by atoms with Gasteiger partial charge in [-0.25, -0.2) is 0 Å². The summed E-state index contributed by atoms with van der Waals surface area (Å²) in [5.74, 6) is 0.370. The van der Waals surface area contributed by atoms with E-state index in [1.54, 1.807) is 17.8 Å². The van der Waals surface area contributed by atoms with Crippen LogP contribution in [-0.4, -0.2) is 23.6 Å². The summed E-state index contributed by atoms with van der Waals surface area (Å²) in [5, 5.41) is 9.94. The van der Waals surface area contributed by atoms with E-state index in [0.29, 0.717) is 11.0 Å². The number of hydrogen-bond acceptors (Lipinski definition) is 3. The molecule has 0 atom stereocenters. The van der Waals surface area contributed by atoms with Crippen LogP contribution in [0.4, 0.5) is 0 Å². The van der Waals surface area contributed by atoms with Crippen LogP contribution in [0, 0.1) is 0 Å². The normalized spacial score (nSPS) is 17.3. The summed E-state index contributed by atoms with van der Waals surface area (Å²) in [6, 6.07) is 7.40. The van der Waals surface area contributed by atoms with Crippen LogP contribution in [0.5, 0.6) is 5.75 Å². The minimum atomic E-state index is 0.370. The number of phenols is 1. The van der Waals surface area contributed by atoms with Gasteiger partial charge < -0.3 is 9.84 Å². The van der Waals surface area contributed by atoms with E-state index in [2.05, 4.69) is 0 Å². The van der Waals surface area contributed by atoms with Crippen molar-refractivity contribution in [3.8, 4) is 5.75 Å². The first-order chi connectivity index (χ1) is 5.86. The number of thioether (sulfide) groups is 1. The second kappa shape index (κ2) is 3.37. The first kappa shape index (κ1) is 7.95. The van der Waals surface area contributed by atoms with Crippen LogP contribution in [0.1, 0.15) is 0 Å². The molecule has 3 heteroatoms. The number of benzene rings is 1. The van der Waals surface area contributed by atoms with Gasteiger partial charge in [-0.15, -0.1) is 11.8 Å². The van der Waals surface area contributed by atoms with Crippen molar-refractivity contribution in [2.45, 2.75) is 10.1 Å². The molecule has 0 spiro atoms. The van der Waals surface area contributed by atoms with Gasteiger partial charge in [0.2, 0.25) is 0 Å². The standard InChI is InChI=1S/C9H10O2S/c10-8-3-1-2-4-9(8)12-7-5-11-6-7/h1-4,7,10H,5-6H2. The molecule has 0 saturated carbocycles. The number of rotatable bonds is 2. The minimum Gasteiger partial charge on any atom is -0.507 e. The number of para-hydroxylation sites is 1. The molecule has 0 unspecified atom stereocenters. The lowest BCUT2D eigenvalue weighted by molar-refractivity contribution is 0.0455. The summed E-state index contributed by atoms with van der Waals surface area (Å²) >= 11 is 1.68. The summed E-state index contributed by atoms with van der Waals surface area (Å²) < 4.78 is 5.04. The van der Waals surface area contributed by atoms with Gasteiger partial charge in [0.1, 0.15) is 5.75 Å². The van der Waals surface area contributed by atoms with Crippen LogP contribution in [-0.2, 0) is 4.74 Å². The first-order valence-electron chi connectivity index (χ1n) is 3.88. The van der Waals surface area contributed by atoms with Crippen molar-refractivity contribution in [3.63, 3.8) is 0 Å². The van der Waals surface area contributed by atoms with Crippen molar-refractivity contribution in [3.05, 3.63) is 24.3 Å². The lowest BCUT2D eigenvalue weighted by Gasteiger charge is -2.25. The van der Waals surface area contributed by atoms with Gasteiger partial charge in [0.05, 0.1) is 18.5 Å². The van der Waals surface area contributed by atoms with E-state index in [9.17, 15) is 5.11 Å². The summed E-state index contributed by atoms with van der Waals surface area (Å²) in [5.41, 5.74) is 0. The molecule has 2 nitrogen and oxygen atoms in total. The van der Waals surface area contributed by atoms with Crippen LogP contribution >= 0.6 is 11.8 Å². The summed E-state index contributed by atoms with van der Waals surface area (Å²) in [4.78, 5) is 0.950. The van der Waals surface area contributed by atoms with Crippen molar-refractivity contribution in [2.24, 2.45) is 0 Å². The predicted molar refractivity (Wildman–Crippen MR) is 48.6 cm³/mol. The van der Waals surface area contributed by atoms with Crippen molar-refractivity contribution in [2.75, 3.05) is 13.2 Å². The molecule has 1 aromatic rings. The summed E-state index contributed by atoms with van der Waals surface area (Å²) in [6.45, 7) is 1.61. The molecule has 1 aliphatic rings. The highest BCUT2D eigenvalue weighted by Crippen LogP contribution is 2.33. The fourth-order valence-electron chi connectivity index (χ4n) is 1.02. The molecule has 0 amide bonds. The van der Waals surface area contributed by atoms with E-state index in [0.717, 1.165) is 18.1 Å². The van der Waals surface area contributed by atoms with Gasteiger partial charge in [0.25, 0.3) is 0 Å². The van der Waals surface area contributed by atoms with E-state index >= 15 is 0 Å². The molecule has 64 valence electrons. The minimum absolute atomic E-state index is 0.370. The Hall–Kier alpha value is -0.670. The van der Waals surface area contributed by atoms with Gasteiger partial charge in [-0.05, 0) is 12.1 Å². The Morgan fingerprint density at radius 3 is 2.67 bits per heavy atom. The van der Waals surface area contributed by atoms with Gasteiger partial charge in [0, 0.05) is 4.90 Å².